The van der Waals surface area contributed by atoms with E-state index >= 15 is 8.78 Å². The van der Waals surface area contributed by atoms with Crippen LogP contribution in [0.25, 0.3) is 16.5 Å². The monoisotopic (exact) mass is 632 g/mol. The van der Waals surface area contributed by atoms with Gasteiger partial charge in [-0.15, -0.1) is 0 Å². The van der Waals surface area contributed by atoms with Crippen LogP contribution in [-0.4, -0.2) is 99.8 Å². The Balaban J connectivity index is 1.15. The third-order valence-electron chi connectivity index (χ3n) is 10.6. The van der Waals surface area contributed by atoms with E-state index < -0.39 is 23.3 Å². The van der Waals surface area contributed by atoms with E-state index in [2.05, 4.69) is 30.4 Å². The number of alkyl halides is 1. The van der Waals surface area contributed by atoms with Crippen molar-refractivity contribution in [3.63, 3.8) is 0 Å². The Kier molecular flexibility index (Phi) is 6.55. The summed E-state index contributed by atoms with van der Waals surface area (Å²) in [7, 11) is 0. The number of pyridine rings is 1. The van der Waals surface area contributed by atoms with Gasteiger partial charge >= 0.3 is 6.01 Å². The molecule has 2 bridgehead atoms. The van der Waals surface area contributed by atoms with Crippen LogP contribution in [0.5, 0.6) is 6.01 Å². The zero-order valence-corrected chi connectivity index (χ0v) is 25.3. The number of amides is 1. The normalized spacial score (nSPS) is 30.0. The summed E-state index contributed by atoms with van der Waals surface area (Å²) in [6.07, 6.45) is 6.42. The molecule has 1 aromatic carbocycles. The number of carbonyl (C=O) groups excluding carboxylic acids is 1. The molecule has 46 heavy (non-hydrogen) atoms. The van der Waals surface area contributed by atoms with Gasteiger partial charge in [-0.05, 0) is 43.9 Å². The molecular formula is C33H35F3N8O2. The predicted molar refractivity (Wildman–Crippen MR) is 164 cm³/mol. The van der Waals surface area contributed by atoms with Gasteiger partial charge in [-0.2, -0.15) is 9.97 Å². The maximum atomic E-state index is 16.9. The summed E-state index contributed by atoms with van der Waals surface area (Å²) in [5.41, 5.74) is 0.447. The molecule has 2 aromatic heterocycles. The fourth-order valence-electron chi connectivity index (χ4n) is 8.34. The zero-order valence-electron chi connectivity index (χ0n) is 25.3. The van der Waals surface area contributed by atoms with Crippen molar-refractivity contribution >= 4 is 28.2 Å². The van der Waals surface area contributed by atoms with E-state index in [-0.39, 0.29) is 53.5 Å². The number of piperazine rings is 1. The fourth-order valence-corrected chi connectivity index (χ4v) is 8.34. The van der Waals surface area contributed by atoms with E-state index in [1.54, 1.807) is 18.3 Å². The number of rotatable bonds is 6. The lowest BCUT2D eigenvalue weighted by Gasteiger charge is -2.34. The van der Waals surface area contributed by atoms with Gasteiger partial charge in [-0.3, -0.25) is 14.7 Å². The molecule has 3 aromatic rings. The van der Waals surface area contributed by atoms with Crippen LogP contribution in [-0.2, 0) is 11.3 Å². The van der Waals surface area contributed by atoms with E-state index in [4.69, 9.17) is 9.72 Å². The van der Waals surface area contributed by atoms with Gasteiger partial charge in [-0.1, -0.05) is 12.1 Å². The molecule has 1 amide bonds. The Labute approximate surface area is 264 Å². The third-order valence-corrected chi connectivity index (χ3v) is 10.6. The minimum Gasteiger partial charge on any atom is -0.461 e. The summed E-state index contributed by atoms with van der Waals surface area (Å²) in [4.78, 5) is 32.8. The van der Waals surface area contributed by atoms with Crippen molar-refractivity contribution in [2.24, 2.45) is 0 Å². The van der Waals surface area contributed by atoms with E-state index in [1.807, 2.05) is 0 Å². The SMILES string of the molecule is O=C([C@@H]1CN1)N1C=C(c2ncc3c(N4C[C@H]5CC[C@@H](C4)N5)nc(OC[C@@]45CCCN4C[C@H](F)C5)nc3c2F)c2c(F)cccc2C1. The second-order valence-electron chi connectivity index (χ2n) is 13.7. The first-order valence-corrected chi connectivity index (χ1v) is 16.3. The van der Waals surface area contributed by atoms with Gasteiger partial charge in [-0.25, -0.2) is 13.2 Å². The lowest BCUT2D eigenvalue weighted by atomic mass is 9.93. The Morgan fingerprint density at radius 2 is 1.96 bits per heavy atom. The first-order valence-electron chi connectivity index (χ1n) is 16.3. The largest absolute Gasteiger partial charge is 0.461 e. The summed E-state index contributed by atoms with van der Waals surface area (Å²) < 4.78 is 53.0. The van der Waals surface area contributed by atoms with Crippen molar-refractivity contribution in [2.45, 2.75) is 68.5 Å². The molecule has 0 saturated carbocycles. The van der Waals surface area contributed by atoms with Gasteiger partial charge < -0.3 is 25.2 Å². The van der Waals surface area contributed by atoms with Crippen LogP contribution in [0, 0.1) is 11.6 Å². The van der Waals surface area contributed by atoms with E-state index in [1.165, 1.54) is 17.2 Å². The maximum absolute atomic E-state index is 16.9. The fraction of sp³-hybridized carbons (Fsp3) is 0.515. The van der Waals surface area contributed by atoms with Crippen molar-refractivity contribution in [3.8, 4) is 6.01 Å². The molecule has 0 aliphatic carbocycles. The average molecular weight is 633 g/mol. The van der Waals surface area contributed by atoms with Crippen molar-refractivity contribution in [3.05, 3.63) is 59.1 Å². The average Bonchev–Trinajstić information content (AvgIpc) is 3.66. The van der Waals surface area contributed by atoms with Crippen LogP contribution >= 0.6 is 0 Å². The number of benzene rings is 1. The number of anilines is 1. The number of carbonyl (C=O) groups is 1. The smallest absolute Gasteiger partial charge is 0.319 e. The molecule has 0 unspecified atom stereocenters. The van der Waals surface area contributed by atoms with E-state index in [0.29, 0.717) is 61.5 Å². The summed E-state index contributed by atoms with van der Waals surface area (Å²) >= 11 is 0. The minimum absolute atomic E-state index is 0.0116. The molecule has 6 aliphatic rings. The second-order valence-corrected chi connectivity index (χ2v) is 13.7. The first kappa shape index (κ1) is 28.4. The van der Waals surface area contributed by atoms with Crippen LogP contribution in [0.1, 0.15) is 48.9 Å². The first-order chi connectivity index (χ1) is 22.3. The minimum atomic E-state index is -0.909. The van der Waals surface area contributed by atoms with Crippen LogP contribution in [0.3, 0.4) is 0 Å². The topological polar surface area (TPSA) is 109 Å². The van der Waals surface area contributed by atoms with E-state index in [0.717, 1.165) is 32.2 Å². The van der Waals surface area contributed by atoms with Crippen LogP contribution in [0.4, 0.5) is 19.0 Å². The Bertz CT molecular complexity index is 1770. The number of hydrogen-bond acceptors (Lipinski definition) is 9. The standard InChI is InChI=1S/C33H35F3N8O2/c34-19-9-33(7-2-8-44(33)13-19)17-46-32-40-29-22(30(41-32)42-14-20-5-6-21(15-42)39-20)10-38-28(27(29)36)23-16-43(31(45)25-11-37-25)12-18-3-1-4-24(35)26(18)23/h1,3-4,10,16,19-21,25,37,39H,2,5-9,11-15,17H2/t19-,20-,21+,25+,33+/m1/s1. The number of ether oxygens (including phenoxy) is 1. The number of hydrogen-bond donors (Lipinski definition) is 2. The number of fused-ring (bicyclic) bond motifs is 5. The van der Waals surface area contributed by atoms with Gasteiger partial charge in [0.05, 0.1) is 23.5 Å². The van der Waals surface area contributed by atoms with Crippen molar-refractivity contribution < 1.29 is 22.7 Å². The third kappa shape index (κ3) is 4.65. The molecule has 6 aliphatic heterocycles. The van der Waals surface area contributed by atoms with Crippen LogP contribution in [0.2, 0.25) is 0 Å². The molecule has 2 N–H and O–H groups in total. The van der Waals surface area contributed by atoms with Gasteiger partial charge in [0, 0.05) is 68.2 Å². The molecule has 5 atom stereocenters. The Morgan fingerprint density at radius 3 is 2.76 bits per heavy atom. The predicted octanol–water partition coefficient (Wildman–Crippen LogP) is 2.90. The van der Waals surface area contributed by atoms with Crippen molar-refractivity contribution in [1.82, 2.24) is 35.4 Å². The molecule has 240 valence electrons. The lowest BCUT2D eigenvalue weighted by Crippen LogP contribution is -2.51. The molecule has 13 heteroatoms. The molecular weight excluding hydrogens is 597 g/mol. The molecule has 0 radical (unpaired) electrons. The summed E-state index contributed by atoms with van der Waals surface area (Å²) in [5, 5.41) is 7.06. The maximum Gasteiger partial charge on any atom is 0.319 e. The Morgan fingerprint density at radius 1 is 1.13 bits per heavy atom. The van der Waals surface area contributed by atoms with Crippen LogP contribution < -0.4 is 20.3 Å². The molecule has 9 rings (SSSR count). The number of nitrogens with one attached hydrogen (secondary N) is 2. The Hall–Kier alpha value is -3.81. The quantitative estimate of drug-likeness (QED) is 0.397. The highest BCUT2D eigenvalue weighted by atomic mass is 19.1. The number of halogens is 3. The summed E-state index contributed by atoms with van der Waals surface area (Å²) in [6, 6.07) is 4.96. The van der Waals surface area contributed by atoms with Gasteiger partial charge in [0.15, 0.2) is 5.82 Å². The molecule has 5 fully saturated rings. The highest BCUT2D eigenvalue weighted by Crippen LogP contribution is 2.41. The highest BCUT2D eigenvalue weighted by Gasteiger charge is 2.49. The van der Waals surface area contributed by atoms with Gasteiger partial charge in [0.2, 0.25) is 5.91 Å². The molecule has 8 heterocycles. The number of nitrogens with zero attached hydrogens (tertiary/aromatic N) is 6. The lowest BCUT2D eigenvalue weighted by molar-refractivity contribution is -0.128. The summed E-state index contributed by atoms with van der Waals surface area (Å²) in [6.45, 7) is 3.57. The molecule has 10 nitrogen and oxygen atoms in total. The highest BCUT2D eigenvalue weighted by molar-refractivity contribution is 5.95. The van der Waals surface area contributed by atoms with E-state index in [9.17, 15) is 9.18 Å². The van der Waals surface area contributed by atoms with Gasteiger partial charge in [0.25, 0.3) is 0 Å². The van der Waals surface area contributed by atoms with Crippen molar-refractivity contribution in [2.75, 3.05) is 44.2 Å². The molecule has 5 saturated heterocycles. The molecule has 0 spiro atoms. The van der Waals surface area contributed by atoms with Gasteiger partial charge in [0.1, 0.15) is 35.6 Å². The number of aromatic nitrogens is 3. The van der Waals surface area contributed by atoms with Crippen LogP contribution in [0.15, 0.2) is 30.6 Å². The van der Waals surface area contributed by atoms with Crippen molar-refractivity contribution in [1.29, 1.82) is 0 Å². The second kappa shape index (κ2) is 10.6. The zero-order chi connectivity index (χ0) is 31.2. The summed E-state index contributed by atoms with van der Waals surface area (Å²) in [5.74, 6) is -0.889.